The zero-order chi connectivity index (χ0) is 19.3. The Morgan fingerprint density at radius 3 is 2.15 bits per heavy atom. The third kappa shape index (κ3) is 5.42. The molecule has 1 atom stereocenters. The molecule has 140 valence electrons. The van der Waals surface area contributed by atoms with Crippen LogP contribution in [0.25, 0.3) is 0 Å². The van der Waals surface area contributed by atoms with Crippen molar-refractivity contribution in [3.05, 3.63) is 94.5 Å². The van der Waals surface area contributed by atoms with Gasteiger partial charge in [0.15, 0.2) is 0 Å². The molecule has 0 spiro atoms. The van der Waals surface area contributed by atoms with Gasteiger partial charge < -0.3 is 5.32 Å². The van der Waals surface area contributed by atoms with Gasteiger partial charge in [0.2, 0.25) is 10.0 Å². The Hall–Kier alpha value is -2.15. The van der Waals surface area contributed by atoms with Crippen molar-refractivity contribution in [2.24, 2.45) is 0 Å². The lowest BCUT2D eigenvalue weighted by Gasteiger charge is -2.21. The van der Waals surface area contributed by atoms with Crippen molar-refractivity contribution in [3.8, 4) is 0 Å². The maximum atomic E-state index is 12.6. The average Bonchev–Trinajstić information content (AvgIpc) is 2.68. The maximum absolute atomic E-state index is 12.6. The molecule has 0 amide bonds. The minimum atomic E-state index is -3.58. The van der Waals surface area contributed by atoms with Gasteiger partial charge in [-0.25, -0.2) is 13.1 Å². The van der Waals surface area contributed by atoms with Crippen LogP contribution in [0.1, 0.15) is 17.2 Å². The molecule has 3 aromatic rings. The number of benzene rings is 3. The number of anilines is 1. The lowest BCUT2D eigenvalue weighted by atomic mass is 10.1. The van der Waals surface area contributed by atoms with Crippen LogP contribution in [0, 0.1) is 6.92 Å². The molecule has 27 heavy (non-hydrogen) atoms. The number of nitrogens with one attached hydrogen (secondary N) is 2. The second-order valence-corrected chi connectivity index (χ2v) is 8.96. The molecule has 4 nitrogen and oxygen atoms in total. The molecular weight excluding hydrogens is 424 g/mol. The molecule has 0 saturated carbocycles. The summed E-state index contributed by atoms with van der Waals surface area (Å²) in [6, 6.07) is 24.2. The van der Waals surface area contributed by atoms with Gasteiger partial charge in [0.25, 0.3) is 0 Å². The van der Waals surface area contributed by atoms with Crippen molar-refractivity contribution in [2.45, 2.75) is 17.9 Å². The number of rotatable bonds is 7. The smallest absolute Gasteiger partial charge is 0.240 e. The Labute approximate surface area is 168 Å². The highest BCUT2D eigenvalue weighted by Crippen LogP contribution is 2.22. The van der Waals surface area contributed by atoms with Gasteiger partial charge in [-0.2, -0.15) is 0 Å². The van der Waals surface area contributed by atoms with Crippen LogP contribution < -0.4 is 10.0 Å². The molecule has 6 heteroatoms. The largest absolute Gasteiger partial charge is 0.377 e. The highest BCUT2D eigenvalue weighted by Gasteiger charge is 2.18. The fraction of sp³-hybridized carbons (Fsp3) is 0.143. The van der Waals surface area contributed by atoms with Crippen LogP contribution in [-0.4, -0.2) is 15.0 Å². The number of aryl methyl sites for hydroxylation is 1. The minimum Gasteiger partial charge on any atom is -0.377 e. The predicted octanol–water partition coefficient (Wildman–Crippen LogP) is 4.89. The quantitative estimate of drug-likeness (QED) is 0.545. The van der Waals surface area contributed by atoms with Gasteiger partial charge in [-0.1, -0.05) is 64.0 Å². The third-order valence-corrected chi connectivity index (χ3v) is 6.16. The Balaban J connectivity index is 1.79. The lowest BCUT2D eigenvalue weighted by molar-refractivity contribution is 0.576. The highest BCUT2D eigenvalue weighted by atomic mass is 79.9. The summed E-state index contributed by atoms with van der Waals surface area (Å²) in [5.74, 6) is 0. The van der Waals surface area contributed by atoms with E-state index in [2.05, 4.69) is 26.0 Å². The Morgan fingerprint density at radius 2 is 1.52 bits per heavy atom. The van der Waals surface area contributed by atoms with Gasteiger partial charge in [0.05, 0.1) is 10.9 Å². The van der Waals surface area contributed by atoms with Gasteiger partial charge in [0, 0.05) is 16.7 Å². The first-order valence-electron chi connectivity index (χ1n) is 8.57. The van der Waals surface area contributed by atoms with Gasteiger partial charge in [0.1, 0.15) is 0 Å². The summed E-state index contributed by atoms with van der Waals surface area (Å²) in [6.07, 6.45) is 0. The Morgan fingerprint density at radius 1 is 0.889 bits per heavy atom. The van der Waals surface area contributed by atoms with E-state index in [-0.39, 0.29) is 17.5 Å². The molecule has 2 N–H and O–H groups in total. The molecule has 0 fully saturated rings. The molecular formula is C21H21BrN2O2S. The first-order valence-corrected chi connectivity index (χ1v) is 10.8. The fourth-order valence-corrected chi connectivity index (χ4v) is 3.99. The summed E-state index contributed by atoms with van der Waals surface area (Å²) in [5, 5.41) is 3.41. The highest BCUT2D eigenvalue weighted by molar-refractivity contribution is 9.10. The van der Waals surface area contributed by atoms with Crippen LogP contribution >= 0.6 is 15.9 Å². The fourth-order valence-electron chi connectivity index (χ4n) is 2.68. The van der Waals surface area contributed by atoms with E-state index >= 15 is 0 Å². The first-order chi connectivity index (χ1) is 12.9. The molecule has 0 bridgehead atoms. The number of hydrogen-bond acceptors (Lipinski definition) is 3. The van der Waals surface area contributed by atoms with Crippen molar-refractivity contribution in [2.75, 3.05) is 11.9 Å². The SMILES string of the molecule is Cc1ccc(S(=O)(=O)NCC(Nc2ccc(Br)cc2)c2ccccc2)cc1. The van der Waals surface area contributed by atoms with Crippen LogP contribution in [0.2, 0.25) is 0 Å². The van der Waals surface area contributed by atoms with E-state index in [9.17, 15) is 8.42 Å². The monoisotopic (exact) mass is 444 g/mol. The van der Waals surface area contributed by atoms with Gasteiger partial charge >= 0.3 is 0 Å². The maximum Gasteiger partial charge on any atom is 0.240 e. The number of halogens is 1. The summed E-state index contributed by atoms with van der Waals surface area (Å²) in [4.78, 5) is 0.267. The molecule has 0 aliphatic carbocycles. The predicted molar refractivity (Wildman–Crippen MR) is 113 cm³/mol. The molecule has 0 radical (unpaired) electrons. The van der Waals surface area contributed by atoms with Crippen LogP contribution in [0.15, 0.2) is 88.2 Å². The van der Waals surface area contributed by atoms with Gasteiger partial charge in [-0.05, 0) is 48.9 Å². The van der Waals surface area contributed by atoms with E-state index in [0.29, 0.717) is 0 Å². The van der Waals surface area contributed by atoms with E-state index in [1.165, 1.54) is 0 Å². The van der Waals surface area contributed by atoms with Crippen molar-refractivity contribution >= 4 is 31.6 Å². The number of hydrogen-bond donors (Lipinski definition) is 2. The van der Waals surface area contributed by atoms with E-state index in [1.54, 1.807) is 24.3 Å². The molecule has 0 aliphatic heterocycles. The Kier molecular flexibility index (Phi) is 6.31. The molecule has 1 unspecified atom stereocenters. The summed E-state index contributed by atoms with van der Waals surface area (Å²) >= 11 is 3.42. The molecule has 3 aromatic carbocycles. The zero-order valence-corrected chi connectivity index (χ0v) is 17.3. The normalized spacial score (nSPS) is 12.5. The van der Waals surface area contributed by atoms with Crippen molar-refractivity contribution < 1.29 is 8.42 Å². The first kappa shape index (κ1) is 19.6. The standard InChI is InChI=1S/C21H21BrN2O2S/c1-16-7-13-20(14-8-16)27(25,26)23-15-21(17-5-3-2-4-6-17)24-19-11-9-18(22)10-12-19/h2-14,21,23-24H,15H2,1H3. The zero-order valence-electron chi connectivity index (χ0n) is 14.9. The van der Waals surface area contributed by atoms with Crippen LogP contribution in [0.5, 0.6) is 0 Å². The summed E-state index contributed by atoms with van der Waals surface area (Å²) < 4.78 is 29.0. The summed E-state index contributed by atoms with van der Waals surface area (Å²) in [6.45, 7) is 2.16. The van der Waals surface area contributed by atoms with Crippen molar-refractivity contribution in [3.63, 3.8) is 0 Å². The van der Waals surface area contributed by atoms with E-state index in [1.807, 2.05) is 61.5 Å². The second kappa shape index (κ2) is 8.69. The molecule has 0 heterocycles. The molecule has 0 saturated heterocycles. The van der Waals surface area contributed by atoms with Crippen molar-refractivity contribution in [1.29, 1.82) is 0 Å². The van der Waals surface area contributed by atoms with Crippen LogP contribution in [0.3, 0.4) is 0 Å². The average molecular weight is 445 g/mol. The summed E-state index contributed by atoms with van der Waals surface area (Å²) in [7, 11) is -3.58. The minimum absolute atomic E-state index is 0.201. The second-order valence-electron chi connectivity index (χ2n) is 6.28. The van der Waals surface area contributed by atoms with E-state index in [4.69, 9.17) is 0 Å². The molecule has 3 rings (SSSR count). The summed E-state index contributed by atoms with van der Waals surface area (Å²) in [5.41, 5.74) is 2.95. The van der Waals surface area contributed by atoms with E-state index in [0.717, 1.165) is 21.3 Å². The Bertz CT molecular complexity index is 973. The van der Waals surface area contributed by atoms with Crippen LogP contribution in [0.4, 0.5) is 5.69 Å². The van der Waals surface area contributed by atoms with Crippen molar-refractivity contribution in [1.82, 2.24) is 4.72 Å². The third-order valence-electron chi connectivity index (χ3n) is 4.20. The van der Waals surface area contributed by atoms with Gasteiger partial charge in [-0.3, -0.25) is 0 Å². The lowest BCUT2D eigenvalue weighted by Crippen LogP contribution is -2.31. The van der Waals surface area contributed by atoms with E-state index < -0.39 is 10.0 Å². The van der Waals surface area contributed by atoms with Gasteiger partial charge in [-0.15, -0.1) is 0 Å². The number of sulfonamides is 1. The molecule has 0 aliphatic rings. The van der Waals surface area contributed by atoms with Crippen LogP contribution in [-0.2, 0) is 10.0 Å². The molecule has 0 aromatic heterocycles. The topological polar surface area (TPSA) is 58.2 Å².